The van der Waals surface area contributed by atoms with Gasteiger partial charge in [-0.05, 0) is 38.8 Å². The third-order valence-corrected chi connectivity index (χ3v) is 16.8. The van der Waals surface area contributed by atoms with Crippen LogP contribution in [0.25, 0.3) is 0 Å². The van der Waals surface area contributed by atoms with Gasteiger partial charge in [-0.15, -0.1) is 0 Å². The first-order valence-corrected chi connectivity index (χ1v) is 36.7. The van der Waals surface area contributed by atoms with Crippen molar-refractivity contribution in [3.05, 3.63) is 0 Å². The van der Waals surface area contributed by atoms with Crippen LogP contribution < -0.4 is 5.32 Å². The molecular weight excluding hydrogens is 939 g/mol. The normalized spacial score (nSPS) is 11.4. The van der Waals surface area contributed by atoms with Gasteiger partial charge < -0.3 is 14.8 Å². The monoisotopic (exact) mass is 1090 g/mol. The average molecular weight is 1090 g/mol. The first kappa shape index (κ1) is 78.3. The lowest BCUT2D eigenvalue weighted by Crippen LogP contribution is -2.16. The zero-order chi connectivity index (χ0) is 55.8. The van der Waals surface area contributed by atoms with E-state index in [0.29, 0.717) is 13.2 Å². The maximum Gasteiger partial charge on any atom is 0.508 e. The summed E-state index contributed by atoms with van der Waals surface area (Å²) in [6.07, 6.45) is 89.6. The molecule has 0 aromatic rings. The van der Waals surface area contributed by atoms with Gasteiger partial charge in [0.15, 0.2) is 0 Å². The molecule has 0 aromatic carbocycles. The quantitative estimate of drug-likeness (QED) is 0.0487. The predicted octanol–water partition coefficient (Wildman–Crippen LogP) is 26.8. The van der Waals surface area contributed by atoms with Crippen molar-refractivity contribution in [3.63, 3.8) is 0 Å². The molecule has 4 heteroatoms. The van der Waals surface area contributed by atoms with Crippen molar-refractivity contribution in [2.45, 2.75) is 439 Å². The molecule has 464 valence electrons. The van der Waals surface area contributed by atoms with Gasteiger partial charge in [-0.3, -0.25) is 0 Å². The molecule has 0 atom stereocenters. The Kier molecular flexibility index (Phi) is 78.6. The Morgan fingerprint density at radius 2 is 0.325 bits per heavy atom. The zero-order valence-electron chi connectivity index (χ0n) is 54.3. The van der Waals surface area contributed by atoms with Crippen LogP contribution in [0.5, 0.6) is 0 Å². The molecule has 0 aliphatic rings. The zero-order valence-corrected chi connectivity index (χ0v) is 54.3. The molecule has 0 amide bonds. The van der Waals surface area contributed by atoms with E-state index in [-0.39, 0.29) is 0 Å². The van der Waals surface area contributed by atoms with Crippen LogP contribution in [0, 0.1) is 0 Å². The summed E-state index contributed by atoms with van der Waals surface area (Å²) in [6, 6.07) is 0. The molecule has 0 spiro atoms. The van der Waals surface area contributed by atoms with E-state index in [1.807, 2.05) is 0 Å². The van der Waals surface area contributed by atoms with Crippen molar-refractivity contribution in [1.82, 2.24) is 5.32 Å². The van der Waals surface area contributed by atoms with E-state index in [4.69, 9.17) is 9.47 Å². The van der Waals surface area contributed by atoms with Gasteiger partial charge >= 0.3 is 6.16 Å². The summed E-state index contributed by atoms with van der Waals surface area (Å²) >= 11 is 0. The molecule has 0 fully saturated rings. The second kappa shape index (κ2) is 77.3. The fourth-order valence-electron chi connectivity index (χ4n) is 11.4. The molecule has 0 aliphatic heterocycles. The van der Waals surface area contributed by atoms with E-state index in [1.165, 1.54) is 398 Å². The summed E-state index contributed by atoms with van der Waals surface area (Å²) < 4.78 is 10.5. The molecule has 4 nitrogen and oxygen atoms in total. The largest absolute Gasteiger partial charge is 0.508 e. The molecule has 1 N–H and O–H groups in total. The van der Waals surface area contributed by atoms with Crippen LogP contribution in [0.2, 0.25) is 0 Å². The number of ether oxygens (including phenoxy) is 2. The minimum atomic E-state index is -0.470. The average Bonchev–Trinajstić information content (AvgIpc) is 3.44. The van der Waals surface area contributed by atoms with Gasteiger partial charge in [0.25, 0.3) is 0 Å². The molecule has 0 saturated carbocycles. The molecule has 0 unspecified atom stereocenters. The van der Waals surface area contributed by atoms with E-state index in [1.54, 1.807) is 0 Å². The fourth-order valence-corrected chi connectivity index (χ4v) is 11.4. The minimum absolute atomic E-state index is 0.470. The van der Waals surface area contributed by atoms with Gasteiger partial charge in [-0.25, -0.2) is 4.79 Å². The van der Waals surface area contributed by atoms with E-state index >= 15 is 0 Å². The van der Waals surface area contributed by atoms with Crippen molar-refractivity contribution in [1.29, 1.82) is 0 Å². The Hall–Kier alpha value is -0.770. The van der Waals surface area contributed by atoms with Crippen LogP contribution in [-0.2, 0) is 9.47 Å². The highest BCUT2D eigenvalue weighted by atomic mass is 16.7. The van der Waals surface area contributed by atoms with E-state index in [0.717, 1.165) is 25.7 Å². The molecule has 0 rings (SSSR count). The van der Waals surface area contributed by atoms with E-state index < -0.39 is 6.16 Å². The highest BCUT2D eigenvalue weighted by Crippen LogP contribution is 2.18. The Bertz CT molecular complexity index is 913. The number of hydrogen-bond acceptors (Lipinski definition) is 4. The van der Waals surface area contributed by atoms with E-state index in [9.17, 15) is 4.79 Å². The summed E-state index contributed by atoms with van der Waals surface area (Å²) in [5, 5.41) is 3.68. The van der Waals surface area contributed by atoms with Crippen molar-refractivity contribution in [2.75, 3.05) is 26.3 Å². The van der Waals surface area contributed by atoms with Crippen molar-refractivity contribution >= 4 is 6.16 Å². The number of hydrogen-bond donors (Lipinski definition) is 1. The van der Waals surface area contributed by atoms with Gasteiger partial charge in [-0.1, -0.05) is 413 Å². The van der Waals surface area contributed by atoms with Crippen LogP contribution in [0.3, 0.4) is 0 Å². The molecule has 0 aliphatic carbocycles. The Morgan fingerprint density at radius 1 is 0.195 bits per heavy atom. The van der Waals surface area contributed by atoms with Gasteiger partial charge in [-0.2, -0.15) is 0 Å². The maximum absolute atomic E-state index is 11.7. The Balaban J connectivity index is 0. The van der Waals surface area contributed by atoms with Gasteiger partial charge in [0, 0.05) is 0 Å². The summed E-state index contributed by atoms with van der Waals surface area (Å²) in [6.45, 7) is 12.7. The third-order valence-electron chi connectivity index (χ3n) is 16.8. The molecule has 0 radical (unpaired) electrons. The molecular formula is C73H149NO3. The summed E-state index contributed by atoms with van der Waals surface area (Å²) in [5.41, 5.74) is 0. The number of carbonyl (C=O) groups excluding carboxylic acids is 1. The first-order valence-electron chi connectivity index (χ1n) is 36.7. The Morgan fingerprint density at radius 3 is 0.481 bits per heavy atom. The highest BCUT2D eigenvalue weighted by molar-refractivity contribution is 5.59. The maximum atomic E-state index is 11.7. The van der Waals surface area contributed by atoms with Crippen molar-refractivity contribution in [3.8, 4) is 0 Å². The van der Waals surface area contributed by atoms with Crippen LogP contribution in [0.15, 0.2) is 0 Å². The molecule has 0 heterocycles. The number of rotatable bonds is 68. The van der Waals surface area contributed by atoms with Crippen molar-refractivity contribution in [2.24, 2.45) is 0 Å². The van der Waals surface area contributed by atoms with Crippen LogP contribution in [0.1, 0.15) is 439 Å². The van der Waals surface area contributed by atoms with Gasteiger partial charge in [0.2, 0.25) is 0 Å². The van der Waals surface area contributed by atoms with Crippen LogP contribution in [0.4, 0.5) is 4.79 Å². The van der Waals surface area contributed by atoms with Gasteiger partial charge in [0.1, 0.15) is 0 Å². The molecule has 0 saturated heterocycles. The summed E-state index contributed by atoms with van der Waals surface area (Å²) in [7, 11) is 0. The highest BCUT2D eigenvalue weighted by Gasteiger charge is 2.04. The van der Waals surface area contributed by atoms with Crippen molar-refractivity contribution < 1.29 is 14.3 Å². The third kappa shape index (κ3) is 79.5. The summed E-state index contributed by atoms with van der Waals surface area (Å²) in [5.74, 6) is 0. The Labute approximate surface area is 488 Å². The first-order chi connectivity index (χ1) is 38.2. The minimum Gasteiger partial charge on any atom is -0.434 e. The smallest absolute Gasteiger partial charge is 0.434 e. The van der Waals surface area contributed by atoms with Crippen LogP contribution in [-0.4, -0.2) is 32.5 Å². The SMILES string of the molecule is CCCCCCCCCCCCCCCCCCNCCCCCCCCCCCCCCCCCC.CCCCCCCCCCCCCCCCCCOC(=O)OCCCCCCCCCCCCCCCCCC. The predicted molar refractivity (Wildman–Crippen MR) is 348 cm³/mol. The number of unbranched alkanes of at least 4 members (excludes halogenated alkanes) is 60. The van der Waals surface area contributed by atoms with Crippen LogP contribution >= 0.6 is 0 Å². The second-order valence-electron chi connectivity index (χ2n) is 24.9. The molecule has 77 heavy (non-hydrogen) atoms. The van der Waals surface area contributed by atoms with E-state index in [2.05, 4.69) is 33.0 Å². The number of carbonyl (C=O) groups is 1. The topological polar surface area (TPSA) is 47.6 Å². The lowest BCUT2D eigenvalue weighted by Gasteiger charge is -2.07. The lowest BCUT2D eigenvalue weighted by atomic mass is 10.0. The number of nitrogens with one attached hydrogen (secondary N) is 1. The lowest BCUT2D eigenvalue weighted by molar-refractivity contribution is 0.0529. The standard InChI is InChI=1S/C37H74O3.C36H75N/c1-3-5-7-9-11-13-15-17-19-21-23-25-27-29-31-33-35-39-37(38)40-36-34-32-30-28-26-24-22-20-18-16-14-12-10-8-6-4-2;1-3-5-7-9-11-13-15-17-19-21-23-25-27-29-31-33-35-37-36-34-32-30-28-26-24-22-20-18-16-14-12-10-8-6-4-2/h3-36H2,1-2H3;37H,3-36H2,1-2H3. The van der Waals surface area contributed by atoms with Gasteiger partial charge in [0.05, 0.1) is 13.2 Å². The second-order valence-corrected chi connectivity index (χ2v) is 24.9. The fraction of sp³-hybridized carbons (Fsp3) is 0.986. The summed E-state index contributed by atoms with van der Waals surface area (Å²) in [4.78, 5) is 11.7. The molecule has 0 bridgehead atoms. The molecule has 0 aromatic heterocycles.